The Bertz CT molecular complexity index is 1460. The van der Waals surface area contributed by atoms with Gasteiger partial charge in [0.15, 0.2) is 0 Å². The lowest BCUT2D eigenvalue weighted by molar-refractivity contribution is -0.136. The second-order valence-electron chi connectivity index (χ2n) is 8.58. The summed E-state index contributed by atoms with van der Waals surface area (Å²) in [5.74, 6) is -0.860. The third kappa shape index (κ3) is 3.06. The molecular weight excluding hydrogens is 418 g/mol. The van der Waals surface area contributed by atoms with Crippen LogP contribution in [-0.4, -0.2) is 43.4 Å². The van der Waals surface area contributed by atoms with Crippen LogP contribution in [0.25, 0.3) is 33.3 Å². The molecule has 6 rings (SSSR count). The minimum atomic E-state index is -0.618. The number of aromatic nitrogens is 3. The van der Waals surface area contributed by atoms with E-state index in [0.29, 0.717) is 18.5 Å². The summed E-state index contributed by atoms with van der Waals surface area (Å²) in [7, 11) is 1.92. The molecular formula is C25H21N5O3. The first kappa shape index (κ1) is 19.5. The Labute approximate surface area is 189 Å². The molecule has 2 aliphatic heterocycles. The molecule has 2 aromatic carbocycles. The highest BCUT2D eigenvalue weighted by Gasteiger charge is 2.39. The van der Waals surface area contributed by atoms with Crippen LogP contribution in [-0.2, 0) is 23.2 Å². The molecule has 0 radical (unpaired) electrons. The van der Waals surface area contributed by atoms with Gasteiger partial charge in [0.2, 0.25) is 11.8 Å². The number of aryl methyl sites for hydroxylation is 1. The van der Waals surface area contributed by atoms with Gasteiger partial charge in [-0.05, 0) is 47.2 Å². The molecule has 3 amide bonds. The molecule has 0 unspecified atom stereocenters. The molecule has 2 aromatic heterocycles. The van der Waals surface area contributed by atoms with Gasteiger partial charge in [-0.3, -0.25) is 24.4 Å². The van der Waals surface area contributed by atoms with Crippen molar-refractivity contribution in [3.05, 3.63) is 66.0 Å². The van der Waals surface area contributed by atoms with Crippen molar-refractivity contribution in [2.75, 3.05) is 0 Å². The van der Waals surface area contributed by atoms with E-state index in [1.165, 1.54) is 0 Å². The fraction of sp³-hybridized carbons (Fsp3) is 0.200. The maximum absolute atomic E-state index is 13.0. The fourth-order valence-electron chi connectivity index (χ4n) is 4.93. The predicted octanol–water partition coefficient (Wildman–Crippen LogP) is 3.00. The number of imide groups is 1. The lowest BCUT2D eigenvalue weighted by Gasteiger charge is -2.29. The van der Waals surface area contributed by atoms with Crippen LogP contribution in [0.4, 0.5) is 0 Å². The first-order chi connectivity index (χ1) is 16.0. The molecule has 0 bridgehead atoms. The van der Waals surface area contributed by atoms with Gasteiger partial charge in [-0.2, -0.15) is 5.10 Å². The van der Waals surface area contributed by atoms with Crippen LogP contribution in [0.3, 0.4) is 0 Å². The van der Waals surface area contributed by atoms with E-state index in [9.17, 15) is 14.4 Å². The molecule has 8 nitrogen and oxygen atoms in total. The van der Waals surface area contributed by atoms with E-state index in [1.807, 2.05) is 48.4 Å². The number of benzene rings is 2. The molecule has 0 spiro atoms. The highest BCUT2D eigenvalue weighted by atomic mass is 16.2. The van der Waals surface area contributed by atoms with Crippen molar-refractivity contribution in [2.45, 2.75) is 25.4 Å². The molecule has 2 N–H and O–H groups in total. The smallest absolute Gasteiger partial charge is 0.255 e. The number of aromatic amines is 1. The molecule has 1 atom stereocenters. The topological polar surface area (TPSA) is 100 Å². The van der Waals surface area contributed by atoms with Gasteiger partial charge >= 0.3 is 0 Å². The van der Waals surface area contributed by atoms with Gasteiger partial charge < -0.3 is 9.88 Å². The highest BCUT2D eigenvalue weighted by molar-refractivity contribution is 6.05. The van der Waals surface area contributed by atoms with E-state index in [2.05, 4.69) is 33.6 Å². The number of hydrogen-bond acceptors (Lipinski definition) is 4. The zero-order chi connectivity index (χ0) is 22.7. The average molecular weight is 439 g/mol. The van der Waals surface area contributed by atoms with Crippen molar-refractivity contribution in [2.24, 2.45) is 7.05 Å². The van der Waals surface area contributed by atoms with Crippen molar-refractivity contribution < 1.29 is 14.4 Å². The standard InChI is InChI=1S/C25H21N5O3/c1-29-23(16-3-2-14-8-9-26-20(14)11-16)19(12-27-29)15-4-5-18-17(10-15)13-30(25(18)33)21-6-7-22(31)28-24(21)32/h2-5,8-12,21,26H,6-7,13H2,1H3,(H,28,31,32)/t21-/m0/s1. The molecule has 1 fully saturated rings. The van der Waals surface area contributed by atoms with Gasteiger partial charge in [-0.1, -0.05) is 18.2 Å². The maximum Gasteiger partial charge on any atom is 0.255 e. The Morgan fingerprint density at radius 3 is 2.70 bits per heavy atom. The zero-order valence-corrected chi connectivity index (χ0v) is 18.0. The minimum Gasteiger partial charge on any atom is -0.361 e. The largest absolute Gasteiger partial charge is 0.361 e. The van der Waals surface area contributed by atoms with E-state index in [1.54, 1.807) is 4.90 Å². The number of rotatable bonds is 3. The lowest BCUT2D eigenvalue weighted by atomic mass is 9.98. The quantitative estimate of drug-likeness (QED) is 0.479. The number of amides is 3. The summed E-state index contributed by atoms with van der Waals surface area (Å²) in [5.41, 5.74) is 6.48. The first-order valence-electron chi connectivity index (χ1n) is 10.9. The Morgan fingerprint density at radius 1 is 1.00 bits per heavy atom. The summed E-state index contributed by atoms with van der Waals surface area (Å²) < 4.78 is 1.85. The Hall–Kier alpha value is -4.20. The van der Waals surface area contributed by atoms with Crippen LogP contribution in [0.15, 0.2) is 54.9 Å². The Balaban J connectivity index is 1.36. The zero-order valence-electron chi connectivity index (χ0n) is 18.0. The maximum atomic E-state index is 13.0. The molecule has 8 heteroatoms. The van der Waals surface area contributed by atoms with Crippen LogP contribution in [0.5, 0.6) is 0 Å². The van der Waals surface area contributed by atoms with Crippen molar-refractivity contribution >= 4 is 28.6 Å². The van der Waals surface area contributed by atoms with Crippen LogP contribution < -0.4 is 5.32 Å². The van der Waals surface area contributed by atoms with E-state index in [-0.39, 0.29) is 18.2 Å². The van der Waals surface area contributed by atoms with Crippen LogP contribution in [0, 0.1) is 0 Å². The van der Waals surface area contributed by atoms with Crippen molar-refractivity contribution in [3.8, 4) is 22.4 Å². The average Bonchev–Trinajstić information content (AvgIpc) is 3.50. The normalized spacial score (nSPS) is 18.2. The number of carbonyl (C=O) groups is 3. The van der Waals surface area contributed by atoms with Crippen LogP contribution in [0.2, 0.25) is 0 Å². The van der Waals surface area contributed by atoms with E-state index < -0.39 is 11.9 Å². The first-order valence-corrected chi connectivity index (χ1v) is 10.9. The van der Waals surface area contributed by atoms with Gasteiger partial charge in [-0.15, -0.1) is 0 Å². The summed E-state index contributed by atoms with van der Waals surface area (Å²) in [5, 5.41) is 7.99. The predicted molar refractivity (Wildman–Crippen MR) is 122 cm³/mol. The van der Waals surface area contributed by atoms with Crippen molar-refractivity contribution in [1.29, 1.82) is 0 Å². The van der Waals surface area contributed by atoms with Crippen LogP contribution >= 0.6 is 0 Å². The van der Waals surface area contributed by atoms with Gasteiger partial charge in [0, 0.05) is 48.4 Å². The highest BCUT2D eigenvalue weighted by Crippen LogP contribution is 2.36. The van der Waals surface area contributed by atoms with Gasteiger partial charge in [0.1, 0.15) is 6.04 Å². The molecule has 4 aromatic rings. The summed E-state index contributed by atoms with van der Waals surface area (Å²) >= 11 is 0. The third-order valence-corrected chi connectivity index (χ3v) is 6.60. The summed E-state index contributed by atoms with van der Waals surface area (Å²) in [6, 6.07) is 13.4. The SMILES string of the molecule is Cn1ncc(-c2ccc3c(c2)CN([C@H]2CCC(=O)NC2=O)C3=O)c1-c1ccc2cc[nH]c2c1. The van der Waals surface area contributed by atoms with E-state index in [4.69, 9.17) is 0 Å². The number of carbonyl (C=O) groups excluding carboxylic acids is 3. The molecule has 1 saturated heterocycles. The number of hydrogen-bond donors (Lipinski definition) is 2. The second-order valence-corrected chi connectivity index (χ2v) is 8.58. The van der Waals surface area contributed by atoms with Crippen molar-refractivity contribution in [3.63, 3.8) is 0 Å². The second kappa shape index (κ2) is 7.16. The molecule has 0 aliphatic carbocycles. The molecule has 2 aliphatic rings. The fourth-order valence-corrected chi connectivity index (χ4v) is 4.93. The van der Waals surface area contributed by atoms with E-state index >= 15 is 0 Å². The van der Waals surface area contributed by atoms with Gasteiger partial charge in [-0.25, -0.2) is 0 Å². The lowest BCUT2D eigenvalue weighted by Crippen LogP contribution is -2.52. The number of nitrogens with one attached hydrogen (secondary N) is 2. The van der Waals surface area contributed by atoms with E-state index in [0.717, 1.165) is 38.9 Å². The molecule has 164 valence electrons. The van der Waals surface area contributed by atoms with Gasteiger partial charge in [0.05, 0.1) is 11.9 Å². The summed E-state index contributed by atoms with van der Waals surface area (Å²) in [6.07, 6.45) is 4.35. The monoisotopic (exact) mass is 439 g/mol. The van der Waals surface area contributed by atoms with Crippen molar-refractivity contribution in [1.82, 2.24) is 25.0 Å². The Morgan fingerprint density at radius 2 is 1.85 bits per heavy atom. The molecule has 0 saturated carbocycles. The summed E-state index contributed by atoms with van der Waals surface area (Å²) in [6.45, 7) is 0.346. The summed E-state index contributed by atoms with van der Waals surface area (Å²) in [4.78, 5) is 41.6. The minimum absolute atomic E-state index is 0.172. The van der Waals surface area contributed by atoms with Crippen LogP contribution in [0.1, 0.15) is 28.8 Å². The Kier molecular flexibility index (Phi) is 4.23. The molecule has 33 heavy (non-hydrogen) atoms. The number of nitrogens with zero attached hydrogens (tertiary/aromatic N) is 3. The number of fused-ring (bicyclic) bond motifs is 2. The van der Waals surface area contributed by atoms with Gasteiger partial charge in [0.25, 0.3) is 5.91 Å². The molecule has 4 heterocycles. The number of piperidine rings is 1. The number of H-pyrrole nitrogens is 1. The third-order valence-electron chi connectivity index (χ3n) is 6.60.